The molecule has 0 radical (unpaired) electrons. The van der Waals surface area contributed by atoms with Gasteiger partial charge in [-0.15, -0.1) is 0 Å². The lowest BCUT2D eigenvalue weighted by Gasteiger charge is -2.25. The molecule has 1 aliphatic rings. The fourth-order valence-electron chi connectivity index (χ4n) is 3.47. The van der Waals surface area contributed by atoms with Gasteiger partial charge in [0, 0.05) is 23.6 Å². The first-order valence-electron chi connectivity index (χ1n) is 9.92. The maximum Gasteiger partial charge on any atom is 0.257 e. The largest absolute Gasteiger partial charge is 0.455 e. The first kappa shape index (κ1) is 20.2. The molecular formula is C23H23N3O3S. The second-order valence-electron chi connectivity index (χ2n) is 7.14. The molecule has 1 atom stereocenters. The Bertz CT molecular complexity index is 1130. The summed E-state index contributed by atoms with van der Waals surface area (Å²) in [6, 6.07) is 16.8. The first-order valence-corrected chi connectivity index (χ1v) is 10.9. The van der Waals surface area contributed by atoms with Crippen molar-refractivity contribution in [3.05, 3.63) is 76.2 Å². The Morgan fingerprint density at radius 2 is 1.93 bits per heavy atom. The topological polar surface area (TPSA) is 73.2 Å². The van der Waals surface area contributed by atoms with Gasteiger partial charge in [0.05, 0.1) is 11.6 Å². The number of nitrogens with one attached hydrogen (secondary N) is 1. The van der Waals surface area contributed by atoms with Crippen molar-refractivity contribution in [3.63, 3.8) is 0 Å². The molecule has 0 saturated heterocycles. The van der Waals surface area contributed by atoms with Crippen LogP contribution in [0.2, 0.25) is 0 Å². The number of hydrogen-bond donors (Lipinski definition) is 1. The summed E-state index contributed by atoms with van der Waals surface area (Å²) in [4.78, 5) is 30.4. The van der Waals surface area contributed by atoms with E-state index in [2.05, 4.69) is 10.3 Å². The van der Waals surface area contributed by atoms with E-state index in [-0.39, 0.29) is 17.4 Å². The Hall–Kier alpha value is -3.06. The number of carbonyl (C=O) groups is 1. The monoisotopic (exact) mass is 421 g/mol. The Kier molecular flexibility index (Phi) is 5.90. The number of thioether (sulfide) groups is 1. The summed E-state index contributed by atoms with van der Waals surface area (Å²) in [5, 5.41) is 3.66. The van der Waals surface area contributed by atoms with Crippen molar-refractivity contribution in [2.45, 2.75) is 32.0 Å². The molecule has 4 rings (SSSR count). The van der Waals surface area contributed by atoms with Crippen LogP contribution in [-0.4, -0.2) is 21.2 Å². The van der Waals surface area contributed by atoms with Crippen LogP contribution >= 0.6 is 11.8 Å². The number of ether oxygens (including phenoxy) is 1. The quantitative estimate of drug-likeness (QED) is 0.623. The summed E-state index contributed by atoms with van der Waals surface area (Å²) >= 11 is 1.45. The van der Waals surface area contributed by atoms with Crippen LogP contribution < -0.4 is 15.6 Å². The number of anilines is 1. The predicted molar refractivity (Wildman–Crippen MR) is 118 cm³/mol. The third-order valence-electron chi connectivity index (χ3n) is 5.09. The number of fused-ring (bicyclic) bond motifs is 1. The van der Waals surface area contributed by atoms with Gasteiger partial charge in [-0.2, -0.15) is 0 Å². The highest BCUT2D eigenvalue weighted by molar-refractivity contribution is 7.99. The highest BCUT2D eigenvalue weighted by atomic mass is 32.2. The van der Waals surface area contributed by atoms with Gasteiger partial charge >= 0.3 is 0 Å². The second kappa shape index (κ2) is 8.75. The van der Waals surface area contributed by atoms with Crippen LogP contribution in [-0.2, 0) is 17.8 Å². The lowest BCUT2D eigenvalue weighted by molar-refractivity contribution is -0.119. The fourth-order valence-corrected chi connectivity index (χ4v) is 4.59. The first-order chi connectivity index (χ1) is 14.6. The number of rotatable bonds is 5. The van der Waals surface area contributed by atoms with Crippen molar-refractivity contribution in [1.29, 1.82) is 0 Å². The third-order valence-corrected chi connectivity index (χ3v) is 6.23. The van der Waals surface area contributed by atoms with E-state index in [9.17, 15) is 9.59 Å². The minimum absolute atomic E-state index is 0.0437. The molecule has 1 unspecified atom stereocenters. The van der Waals surface area contributed by atoms with Gasteiger partial charge in [-0.25, -0.2) is 4.98 Å². The molecule has 1 aliphatic heterocycles. The van der Waals surface area contributed by atoms with E-state index in [1.165, 1.54) is 11.8 Å². The zero-order chi connectivity index (χ0) is 21.1. The van der Waals surface area contributed by atoms with E-state index in [4.69, 9.17) is 4.74 Å². The lowest BCUT2D eigenvalue weighted by Crippen LogP contribution is -2.38. The highest BCUT2D eigenvalue weighted by Crippen LogP contribution is 2.31. The van der Waals surface area contributed by atoms with E-state index in [1.807, 2.05) is 68.4 Å². The molecule has 1 aromatic heterocycles. The number of aromatic nitrogens is 2. The number of hydrogen-bond acceptors (Lipinski definition) is 5. The van der Waals surface area contributed by atoms with Crippen molar-refractivity contribution in [3.8, 4) is 11.5 Å². The molecular weight excluding hydrogens is 398 g/mol. The van der Waals surface area contributed by atoms with Gasteiger partial charge in [-0.3, -0.25) is 14.2 Å². The molecule has 6 nitrogen and oxygen atoms in total. The van der Waals surface area contributed by atoms with Gasteiger partial charge in [0.2, 0.25) is 5.91 Å². The van der Waals surface area contributed by atoms with Gasteiger partial charge in [0.1, 0.15) is 5.75 Å². The van der Waals surface area contributed by atoms with Crippen LogP contribution in [0.1, 0.15) is 18.2 Å². The molecule has 0 spiro atoms. The molecule has 2 heterocycles. The molecule has 30 heavy (non-hydrogen) atoms. The Balaban J connectivity index is 1.53. The van der Waals surface area contributed by atoms with Crippen LogP contribution in [0.15, 0.2) is 64.5 Å². The Morgan fingerprint density at radius 1 is 1.20 bits per heavy atom. The number of carbonyl (C=O) groups excluding carboxylic acids is 1. The summed E-state index contributed by atoms with van der Waals surface area (Å²) < 4.78 is 7.57. The summed E-state index contributed by atoms with van der Waals surface area (Å²) in [7, 11) is 0. The SMILES string of the molecule is CCc1c(C)nc2n(c1=O)CC(C(=O)Nc1ccccc1Oc1ccccc1)CS2. The number of nitrogens with zero attached hydrogens (tertiary/aromatic N) is 2. The average Bonchev–Trinajstić information content (AvgIpc) is 2.76. The van der Waals surface area contributed by atoms with E-state index in [0.29, 0.717) is 46.6 Å². The predicted octanol–water partition coefficient (Wildman–Crippen LogP) is 4.27. The van der Waals surface area contributed by atoms with E-state index in [1.54, 1.807) is 4.57 Å². The minimum atomic E-state index is -0.334. The van der Waals surface area contributed by atoms with Crippen molar-refractivity contribution in [1.82, 2.24) is 9.55 Å². The molecule has 154 valence electrons. The standard InChI is InChI=1S/C23H23N3O3S/c1-3-18-15(2)24-23-26(22(18)28)13-16(14-30-23)21(27)25-19-11-7-8-12-20(19)29-17-9-5-4-6-10-17/h4-12,16H,3,13-14H2,1-2H3,(H,25,27). The molecule has 0 saturated carbocycles. The van der Waals surface area contributed by atoms with Crippen LogP contribution in [0.3, 0.4) is 0 Å². The number of para-hydroxylation sites is 3. The van der Waals surface area contributed by atoms with E-state index in [0.717, 1.165) is 5.69 Å². The summed E-state index contributed by atoms with van der Waals surface area (Å²) in [6.07, 6.45) is 0.629. The normalized spacial score (nSPS) is 15.3. The van der Waals surface area contributed by atoms with Crippen LogP contribution in [0, 0.1) is 12.8 Å². The van der Waals surface area contributed by atoms with Crippen molar-refractivity contribution < 1.29 is 9.53 Å². The van der Waals surface area contributed by atoms with E-state index >= 15 is 0 Å². The van der Waals surface area contributed by atoms with Crippen molar-refractivity contribution in [2.75, 3.05) is 11.1 Å². The highest BCUT2D eigenvalue weighted by Gasteiger charge is 2.28. The smallest absolute Gasteiger partial charge is 0.257 e. The van der Waals surface area contributed by atoms with E-state index < -0.39 is 0 Å². The third kappa shape index (κ3) is 4.11. The van der Waals surface area contributed by atoms with Gasteiger partial charge in [-0.1, -0.05) is 49.0 Å². The second-order valence-corrected chi connectivity index (χ2v) is 8.12. The number of aryl methyl sites for hydroxylation is 1. The fraction of sp³-hybridized carbons (Fsp3) is 0.261. The van der Waals surface area contributed by atoms with Crippen LogP contribution in [0.5, 0.6) is 11.5 Å². The molecule has 1 N–H and O–H groups in total. The molecule has 0 aliphatic carbocycles. The minimum Gasteiger partial charge on any atom is -0.455 e. The van der Waals surface area contributed by atoms with Gasteiger partial charge in [0.15, 0.2) is 10.9 Å². The number of amides is 1. The van der Waals surface area contributed by atoms with Gasteiger partial charge in [0.25, 0.3) is 5.56 Å². The molecule has 0 fully saturated rings. The van der Waals surface area contributed by atoms with Crippen molar-refractivity contribution >= 4 is 23.4 Å². The van der Waals surface area contributed by atoms with Crippen LogP contribution in [0.25, 0.3) is 0 Å². The molecule has 3 aromatic rings. The van der Waals surface area contributed by atoms with Gasteiger partial charge in [-0.05, 0) is 37.6 Å². The van der Waals surface area contributed by atoms with Crippen LogP contribution in [0.4, 0.5) is 5.69 Å². The Morgan fingerprint density at radius 3 is 2.70 bits per heavy atom. The molecule has 7 heteroatoms. The van der Waals surface area contributed by atoms with Gasteiger partial charge < -0.3 is 10.1 Å². The maximum absolute atomic E-state index is 13.0. The molecule has 2 aromatic carbocycles. The molecule has 1 amide bonds. The van der Waals surface area contributed by atoms with Crippen molar-refractivity contribution in [2.24, 2.45) is 5.92 Å². The summed E-state index contributed by atoms with van der Waals surface area (Å²) in [5.74, 6) is 1.37. The summed E-state index contributed by atoms with van der Waals surface area (Å²) in [6.45, 7) is 4.14. The Labute approximate surface area is 179 Å². The lowest BCUT2D eigenvalue weighted by atomic mass is 10.1. The molecule has 0 bridgehead atoms. The number of benzene rings is 2. The maximum atomic E-state index is 13.0. The average molecular weight is 422 g/mol. The summed E-state index contributed by atoms with van der Waals surface area (Å²) in [5.41, 5.74) is 2.04. The zero-order valence-corrected chi connectivity index (χ0v) is 17.7. The zero-order valence-electron chi connectivity index (χ0n) is 16.9.